The molecular formula is C33H40FN7O2. The minimum absolute atomic E-state index is 0.288. The van der Waals surface area contributed by atoms with Gasteiger partial charge in [-0.25, -0.2) is 9.07 Å². The number of benzene rings is 2. The number of halogens is 1. The van der Waals surface area contributed by atoms with Gasteiger partial charge in [0, 0.05) is 48.7 Å². The maximum atomic E-state index is 15.9. The lowest BCUT2D eigenvalue weighted by Crippen LogP contribution is -2.30. The Labute approximate surface area is 252 Å². The Morgan fingerprint density at radius 3 is 2.63 bits per heavy atom. The number of rotatable bonds is 10. The fourth-order valence-electron chi connectivity index (χ4n) is 5.40. The van der Waals surface area contributed by atoms with E-state index in [4.69, 9.17) is 4.74 Å². The van der Waals surface area contributed by atoms with Crippen molar-refractivity contribution in [3.8, 4) is 22.7 Å². The molecule has 0 saturated carbocycles. The number of hydrogen-bond acceptors (Lipinski definition) is 7. The highest BCUT2D eigenvalue weighted by Crippen LogP contribution is 2.38. The van der Waals surface area contributed by atoms with Gasteiger partial charge in [-0.1, -0.05) is 32.1 Å². The average molecular weight is 586 g/mol. The van der Waals surface area contributed by atoms with Crippen molar-refractivity contribution in [2.24, 2.45) is 0 Å². The lowest BCUT2D eigenvalue weighted by molar-refractivity contribution is 0.102. The molecule has 1 fully saturated rings. The molecule has 0 unspecified atom stereocenters. The van der Waals surface area contributed by atoms with Crippen molar-refractivity contribution in [1.82, 2.24) is 30.2 Å². The van der Waals surface area contributed by atoms with Crippen molar-refractivity contribution >= 4 is 11.6 Å². The summed E-state index contributed by atoms with van der Waals surface area (Å²) in [5.74, 6) is -0.340. The van der Waals surface area contributed by atoms with Gasteiger partial charge in [0.15, 0.2) is 0 Å². The maximum Gasteiger partial charge on any atom is 0.255 e. The zero-order valence-electron chi connectivity index (χ0n) is 25.6. The molecule has 0 spiro atoms. The third-order valence-electron chi connectivity index (χ3n) is 7.84. The van der Waals surface area contributed by atoms with Crippen molar-refractivity contribution in [3.05, 3.63) is 83.1 Å². The van der Waals surface area contributed by atoms with Crippen LogP contribution in [0.2, 0.25) is 0 Å². The largest absolute Gasteiger partial charge is 0.494 e. The van der Waals surface area contributed by atoms with E-state index in [0.29, 0.717) is 33.8 Å². The molecule has 0 bridgehead atoms. The summed E-state index contributed by atoms with van der Waals surface area (Å²) in [4.78, 5) is 20.2. The van der Waals surface area contributed by atoms with Gasteiger partial charge < -0.3 is 20.3 Å². The summed E-state index contributed by atoms with van der Waals surface area (Å²) < 4.78 is 23.3. The molecule has 1 aliphatic rings. The molecule has 43 heavy (non-hydrogen) atoms. The third kappa shape index (κ3) is 6.92. The summed E-state index contributed by atoms with van der Waals surface area (Å²) in [5.41, 5.74) is 4.45. The molecule has 3 heterocycles. The van der Waals surface area contributed by atoms with Gasteiger partial charge in [-0.3, -0.25) is 9.78 Å². The van der Waals surface area contributed by atoms with E-state index in [-0.39, 0.29) is 18.3 Å². The van der Waals surface area contributed by atoms with Gasteiger partial charge in [-0.2, -0.15) is 0 Å². The van der Waals surface area contributed by atoms with Crippen molar-refractivity contribution in [3.63, 3.8) is 0 Å². The molecule has 2 N–H and O–H groups in total. The Bertz CT molecular complexity index is 1570. The van der Waals surface area contributed by atoms with E-state index < -0.39 is 5.41 Å². The summed E-state index contributed by atoms with van der Waals surface area (Å²) in [6.07, 6.45) is 7.70. The Morgan fingerprint density at radius 1 is 1.14 bits per heavy atom. The van der Waals surface area contributed by atoms with Crippen LogP contribution in [-0.2, 0) is 12.0 Å². The molecule has 0 atom stereocenters. The van der Waals surface area contributed by atoms with Gasteiger partial charge in [0.25, 0.3) is 5.91 Å². The molecule has 2 aromatic carbocycles. The van der Waals surface area contributed by atoms with E-state index in [0.717, 1.165) is 43.0 Å². The molecule has 0 radical (unpaired) electrons. The van der Waals surface area contributed by atoms with E-state index in [1.165, 1.54) is 20.0 Å². The van der Waals surface area contributed by atoms with Crippen LogP contribution in [0.3, 0.4) is 0 Å². The molecular weight excluding hydrogens is 545 g/mol. The first-order chi connectivity index (χ1) is 20.7. The van der Waals surface area contributed by atoms with Crippen LogP contribution in [0.25, 0.3) is 16.9 Å². The minimum Gasteiger partial charge on any atom is -0.494 e. The number of anilines is 1. The number of ether oxygens (including phenoxy) is 1. The standard InChI is InChI=1S/C33H40FN7O2/c1-22-10-11-23(17-29(22)41-21-28(38-39-41)24-9-8-12-35-19-24)32(42)37-27-18-26(33(2,3)4)30(34)25(31(27)43-5)20-36-13-16-40-14-6-7-15-40/h8-12,17-19,21,36H,6-7,13-16,20H2,1-5H3,(H,37,42). The van der Waals surface area contributed by atoms with Crippen molar-refractivity contribution in [1.29, 1.82) is 0 Å². The molecule has 2 aromatic heterocycles. The molecule has 1 aliphatic heterocycles. The predicted molar refractivity (Wildman–Crippen MR) is 166 cm³/mol. The highest BCUT2D eigenvalue weighted by atomic mass is 19.1. The van der Waals surface area contributed by atoms with Gasteiger partial charge in [0.1, 0.15) is 17.3 Å². The van der Waals surface area contributed by atoms with E-state index in [2.05, 4.69) is 30.8 Å². The van der Waals surface area contributed by atoms with Crippen LogP contribution in [0.4, 0.5) is 10.1 Å². The zero-order valence-corrected chi connectivity index (χ0v) is 25.6. The average Bonchev–Trinajstić information content (AvgIpc) is 3.69. The molecule has 226 valence electrons. The minimum atomic E-state index is -0.490. The molecule has 10 heteroatoms. The maximum absolute atomic E-state index is 15.9. The zero-order chi connectivity index (χ0) is 30.6. The van der Waals surface area contributed by atoms with Gasteiger partial charge >= 0.3 is 0 Å². The second-order valence-corrected chi connectivity index (χ2v) is 12.0. The first-order valence-corrected chi connectivity index (χ1v) is 14.7. The highest BCUT2D eigenvalue weighted by molar-refractivity contribution is 6.05. The van der Waals surface area contributed by atoms with Crippen molar-refractivity contribution in [2.45, 2.75) is 52.5 Å². The lowest BCUT2D eigenvalue weighted by atomic mass is 9.84. The summed E-state index contributed by atoms with van der Waals surface area (Å²) in [7, 11) is 1.50. The number of nitrogens with zero attached hydrogens (tertiary/aromatic N) is 5. The third-order valence-corrected chi connectivity index (χ3v) is 7.84. The normalized spacial score (nSPS) is 13.8. The number of amides is 1. The molecule has 9 nitrogen and oxygen atoms in total. The number of likely N-dealkylation sites (tertiary alicyclic amines) is 1. The number of pyridine rings is 1. The number of aryl methyl sites for hydroxylation is 1. The second kappa shape index (κ2) is 13.0. The van der Waals surface area contributed by atoms with Crippen LogP contribution in [-0.4, -0.2) is 64.1 Å². The Hall–Kier alpha value is -4.15. The van der Waals surface area contributed by atoms with Gasteiger partial charge in [0.05, 0.1) is 24.7 Å². The molecule has 1 saturated heterocycles. The van der Waals surface area contributed by atoms with Crippen molar-refractivity contribution < 1.29 is 13.9 Å². The van der Waals surface area contributed by atoms with E-state index in [1.807, 2.05) is 52.1 Å². The number of carbonyl (C=O) groups excluding carboxylic acids is 1. The summed E-state index contributed by atoms with van der Waals surface area (Å²) in [6.45, 7) is 12.0. The van der Waals surface area contributed by atoms with Crippen LogP contribution < -0.4 is 15.4 Å². The number of nitrogens with one attached hydrogen (secondary N) is 2. The number of methoxy groups -OCH3 is 1. The highest BCUT2D eigenvalue weighted by Gasteiger charge is 2.27. The number of carbonyl (C=O) groups is 1. The van der Waals surface area contributed by atoms with E-state index in [1.54, 1.807) is 35.3 Å². The Morgan fingerprint density at radius 2 is 1.93 bits per heavy atom. The number of aromatic nitrogens is 4. The topological polar surface area (TPSA) is 97.2 Å². The van der Waals surface area contributed by atoms with Crippen LogP contribution in [0.1, 0.15) is 60.7 Å². The first kappa shape index (κ1) is 30.3. The monoisotopic (exact) mass is 585 g/mol. The van der Waals surface area contributed by atoms with Crippen LogP contribution in [0.5, 0.6) is 5.75 Å². The van der Waals surface area contributed by atoms with E-state index >= 15 is 4.39 Å². The predicted octanol–water partition coefficient (Wildman–Crippen LogP) is 5.52. The van der Waals surface area contributed by atoms with Crippen LogP contribution >= 0.6 is 0 Å². The fraction of sp³-hybridized carbons (Fsp3) is 0.394. The smallest absolute Gasteiger partial charge is 0.255 e. The van der Waals surface area contributed by atoms with Gasteiger partial charge in [-0.05, 0) is 79.7 Å². The van der Waals surface area contributed by atoms with Crippen LogP contribution in [0.15, 0.2) is 55.0 Å². The molecule has 0 aliphatic carbocycles. The molecule has 5 rings (SSSR count). The first-order valence-electron chi connectivity index (χ1n) is 14.7. The lowest BCUT2D eigenvalue weighted by Gasteiger charge is -2.25. The second-order valence-electron chi connectivity index (χ2n) is 12.0. The van der Waals surface area contributed by atoms with E-state index in [9.17, 15) is 4.79 Å². The molecule has 4 aromatic rings. The summed E-state index contributed by atoms with van der Waals surface area (Å²) >= 11 is 0. The Balaban J connectivity index is 1.41. The summed E-state index contributed by atoms with van der Waals surface area (Å²) in [6, 6.07) is 10.8. The van der Waals surface area contributed by atoms with Crippen LogP contribution in [0, 0.1) is 12.7 Å². The number of hydrogen-bond donors (Lipinski definition) is 2. The Kier molecular flexibility index (Phi) is 9.17. The summed E-state index contributed by atoms with van der Waals surface area (Å²) in [5, 5.41) is 15.0. The van der Waals surface area contributed by atoms with Gasteiger partial charge in [-0.15, -0.1) is 5.10 Å². The van der Waals surface area contributed by atoms with Crippen molar-refractivity contribution in [2.75, 3.05) is 38.6 Å². The molecule has 1 amide bonds. The van der Waals surface area contributed by atoms with Gasteiger partial charge in [0.2, 0.25) is 0 Å². The quantitative estimate of drug-likeness (QED) is 0.237. The fourth-order valence-corrected chi connectivity index (χ4v) is 5.40. The SMILES string of the molecule is COc1c(NC(=O)c2ccc(C)c(-n3cc(-c4cccnc4)nn3)c2)cc(C(C)(C)C)c(F)c1CNCCN1CCCC1.